The number of nitrogens with one attached hydrogen (secondary N) is 1. The Morgan fingerprint density at radius 1 is 1.00 bits per heavy atom. The predicted molar refractivity (Wildman–Crippen MR) is 131 cm³/mol. The first kappa shape index (κ1) is 22.7. The van der Waals surface area contributed by atoms with E-state index in [4.69, 9.17) is 0 Å². The Morgan fingerprint density at radius 3 is 2.39 bits per heavy atom. The number of hydrogen-bond acceptors (Lipinski definition) is 4. The quantitative estimate of drug-likeness (QED) is 0.313. The molecule has 0 fully saturated rings. The first-order valence-electron chi connectivity index (χ1n) is 10.8. The Bertz CT molecular complexity index is 1220. The van der Waals surface area contributed by atoms with Gasteiger partial charge in [-0.15, -0.1) is 10.2 Å². The minimum Gasteiger partial charge on any atom is -0.325 e. The highest BCUT2D eigenvalue weighted by Gasteiger charge is 2.19. The molecule has 4 rings (SSSR count). The summed E-state index contributed by atoms with van der Waals surface area (Å²) in [5, 5.41) is 11.9. The second kappa shape index (κ2) is 10.4. The normalized spacial score (nSPS) is 11.8. The lowest BCUT2D eigenvalue weighted by molar-refractivity contribution is -0.113. The van der Waals surface area contributed by atoms with Crippen molar-refractivity contribution in [1.82, 2.24) is 14.8 Å². The summed E-state index contributed by atoms with van der Waals surface area (Å²) in [6.07, 6.45) is 1.07. The molecule has 0 spiro atoms. The predicted octanol–water partition coefficient (Wildman–Crippen LogP) is 6.32. The van der Waals surface area contributed by atoms with Gasteiger partial charge in [0, 0.05) is 11.4 Å². The second-order valence-electron chi connectivity index (χ2n) is 7.73. The van der Waals surface area contributed by atoms with E-state index in [0.29, 0.717) is 22.5 Å². The number of carbonyl (C=O) groups is 1. The molecular weight excluding hydrogens is 435 g/mol. The summed E-state index contributed by atoms with van der Waals surface area (Å²) >= 11 is 1.26. The van der Waals surface area contributed by atoms with E-state index in [9.17, 15) is 9.18 Å². The number of para-hydroxylation sites is 1. The van der Waals surface area contributed by atoms with Crippen LogP contribution in [0.15, 0.2) is 84.0 Å². The smallest absolute Gasteiger partial charge is 0.234 e. The summed E-state index contributed by atoms with van der Waals surface area (Å²) in [5.41, 5.74) is 3.15. The van der Waals surface area contributed by atoms with Crippen LogP contribution in [0.3, 0.4) is 0 Å². The van der Waals surface area contributed by atoms with Crippen LogP contribution in [-0.2, 0) is 4.79 Å². The zero-order chi connectivity index (χ0) is 23.2. The van der Waals surface area contributed by atoms with Crippen molar-refractivity contribution in [3.63, 3.8) is 0 Å². The first-order chi connectivity index (χ1) is 16.1. The Kier molecular flexibility index (Phi) is 7.19. The van der Waals surface area contributed by atoms with Gasteiger partial charge in [0.25, 0.3) is 0 Å². The lowest BCUT2D eigenvalue weighted by Crippen LogP contribution is -2.14. The van der Waals surface area contributed by atoms with Gasteiger partial charge in [-0.2, -0.15) is 0 Å². The molecule has 4 aromatic rings. The van der Waals surface area contributed by atoms with Crippen molar-refractivity contribution in [2.75, 3.05) is 11.1 Å². The van der Waals surface area contributed by atoms with Gasteiger partial charge < -0.3 is 5.32 Å². The fourth-order valence-corrected chi connectivity index (χ4v) is 4.20. The number of amides is 1. The van der Waals surface area contributed by atoms with Gasteiger partial charge >= 0.3 is 0 Å². The van der Waals surface area contributed by atoms with E-state index in [0.717, 1.165) is 17.8 Å². The molecule has 1 aromatic heterocycles. The first-order valence-corrected chi connectivity index (χ1v) is 11.8. The largest absolute Gasteiger partial charge is 0.325 e. The van der Waals surface area contributed by atoms with Gasteiger partial charge in [-0.05, 0) is 54.3 Å². The number of rotatable bonds is 8. The van der Waals surface area contributed by atoms with Crippen molar-refractivity contribution < 1.29 is 9.18 Å². The Balaban J connectivity index is 1.52. The van der Waals surface area contributed by atoms with Crippen molar-refractivity contribution in [2.45, 2.75) is 31.3 Å². The lowest BCUT2D eigenvalue weighted by Gasteiger charge is -2.11. The van der Waals surface area contributed by atoms with E-state index in [2.05, 4.69) is 29.4 Å². The highest BCUT2D eigenvalue weighted by atomic mass is 32.2. The van der Waals surface area contributed by atoms with Gasteiger partial charge in [-0.1, -0.05) is 68.1 Å². The standard InChI is InChI=1S/C26H25FN4OS/c1-3-18(2)19-13-15-20(16-14-19)28-24(32)17-33-26-30-29-25(22-11-7-8-12-23(22)27)31(26)21-9-5-4-6-10-21/h4-16,18H,3,17H2,1-2H3,(H,28,32)/t18-/m0/s1. The minimum atomic E-state index is -0.378. The molecule has 0 radical (unpaired) electrons. The van der Waals surface area contributed by atoms with Crippen molar-refractivity contribution in [2.24, 2.45) is 0 Å². The molecule has 0 aliphatic heterocycles. The SMILES string of the molecule is CC[C@H](C)c1ccc(NC(=O)CSc2nnc(-c3ccccc3F)n2-c2ccccc2)cc1. The maximum Gasteiger partial charge on any atom is 0.234 e. The summed E-state index contributed by atoms with van der Waals surface area (Å²) < 4.78 is 16.3. The lowest BCUT2D eigenvalue weighted by atomic mass is 9.99. The third-order valence-corrected chi connectivity index (χ3v) is 6.40. The molecule has 33 heavy (non-hydrogen) atoms. The van der Waals surface area contributed by atoms with Gasteiger partial charge in [0.15, 0.2) is 11.0 Å². The van der Waals surface area contributed by atoms with Crippen LogP contribution in [0.2, 0.25) is 0 Å². The summed E-state index contributed by atoms with van der Waals surface area (Å²) in [4.78, 5) is 12.6. The van der Waals surface area contributed by atoms with E-state index < -0.39 is 0 Å². The molecule has 1 amide bonds. The molecule has 0 saturated heterocycles. The number of benzene rings is 3. The minimum absolute atomic E-state index is 0.147. The van der Waals surface area contributed by atoms with Gasteiger partial charge in [0.1, 0.15) is 5.82 Å². The van der Waals surface area contributed by atoms with Crippen LogP contribution in [0, 0.1) is 5.82 Å². The number of halogens is 1. The number of aromatic nitrogens is 3. The molecule has 1 atom stereocenters. The molecule has 5 nitrogen and oxygen atoms in total. The molecule has 0 aliphatic rings. The van der Waals surface area contributed by atoms with Crippen LogP contribution >= 0.6 is 11.8 Å². The maximum atomic E-state index is 14.5. The third-order valence-electron chi connectivity index (χ3n) is 5.47. The molecule has 0 aliphatic carbocycles. The average molecular weight is 461 g/mol. The fraction of sp³-hybridized carbons (Fsp3) is 0.192. The Morgan fingerprint density at radius 2 is 1.70 bits per heavy atom. The molecular formula is C26H25FN4OS. The third kappa shape index (κ3) is 5.31. The van der Waals surface area contributed by atoms with Gasteiger partial charge in [-0.25, -0.2) is 4.39 Å². The summed E-state index contributed by atoms with van der Waals surface area (Å²) in [6.45, 7) is 4.34. The molecule has 0 unspecified atom stereocenters. The summed E-state index contributed by atoms with van der Waals surface area (Å²) in [7, 11) is 0. The fourth-order valence-electron chi connectivity index (χ4n) is 3.45. The van der Waals surface area contributed by atoms with Gasteiger partial charge in [0.05, 0.1) is 11.3 Å². The van der Waals surface area contributed by atoms with E-state index in [1.54, 1.807) is 22.8 Å². The molecule has 0 bridgehead atoms. The topological polar surface area (TPSA) is 59.8 Å². The van der Waals surface area contributed by atoms with Crippen molar-refractivity contribution in [3.8, 4) is 17.1 Å². The molecule has 0 saturated carbocycles. The Labute approximate surface area is 197 Å². The number of carbonyl (C=O) groups excluding carboxylic acids is 1. The number of hydrogen-bond donors (Lipinski definition) is 1. The van der Waals surface area contributed by atoms with Crippen LogP contribution < -0.4 is 5.32 Å². The second-order valence-corrected chi connectivity index (χ2v) is 8.67. The highest BCUT2D eigenvalue weighted by Crippen LogP contribution is 2.29. The van der Waals surface area contributed by atoms with Gasteiger partial charge in [0.2, 0.25) is 5.91 Å². The average Bonchev–Trinajstić information content (AvgIpc) is 3.27. The highest BCUT2D eigenvalue weighted by molar-refractivity contribution is 7.99. The van der Waals surface area contributed by atoms with Crippen LogP contribution in [0.1, 0.15) is 31.7 Å². The van der Waals surface area contributed by atoms with Crippen LogP contribution in [0.5, 0.6) is 0 Å². The van der Waals surface area contributed by atoms with Crippen molar-refractivity contribution in [1.29, 1.82) is 0 Å². The Hall–Kier alpha value is -3.45. The van der Waals surface area contributed by atoms with E-state index in [1.165, 1.54) is 23.4 Å². The van der Waals surface area contributed by atoms with Crippen LogP contribution in [0.4, 0.5) is 10.1 Å². The van der Waals surface area contributed by atoms with E-state index in [1.807, 2.05) is 54.6 Å². The molecule has 1 heterocycles. The van der Waals surface area contributed by atoms with Crippen LogP contribution in [0.25, 0.3) is 17.1 Å². The zero-order valence-corrected chi connectivity index (χ0v) is 19.3. The van der Waals surface area contributed by atoms with Crippen LogP contribution in [-0.4, -0.2) is 26.4 Å². The number of thioether (sulfide) groups is 1. The zero-order valence-electron chi connectivity index (χ0n) is 18.5. The van der Waals surface area contributed by atoms with Crippen molar-refractivity contribution >= 4 is 23.4 Å². The molecule has 168 valence electrons. The maximum absolute atomic E-state index is 14.5. The molecule has 3 aromatic carbocycles. The summed E-state index contributed by atoms with van der Waals surface area (Å²) in [5.74, 6) is 0.500. The number of anilines is 1. The monoisotopic (exact) mass is 460 g/mol. The van der Waals surface area contributed by atoms with Crippen molar-refractivity contribution in [3.05, 3.63) is 90.2 Å². The van der Waals surface area contributed by atoms with E-state index >= 15 is 0 Å². The molecule has 1 N–H and O–H groups in total. The van der Waals surface area contributed by atoms with E-state index in [-0.39, 0.29) is 17.5 Å². The number of nitrogens with zero attached hydrogens (tertiary/aromatic N) is 3. The molecule has 7 heteroatoms. The van der Waals surface area contributed by atoms with Gasteiger partial charge in [-0.3, -0.25) is 9.36 Å². The summed E-state index contributed by atoms with van der Waals surface area (Å²) in [6, 6.07) is 23.9.